The van der Waals surface area contributed by atoms with Crippen molar-refractivity contribution in [1.29, 1.82) is 0 Å². The second-order valence-electron chi connectivity index (χ2n) is 4.25. The summed E-state index contributed by atoms with van der Waals surface area (Å²) in [6, 6.07) is 3.90. The lowest BCUT2D eigenvalue weighted by Crippen LogP contribution is -2.26. The lowest BCUT2D eigenvalue weighted by molar-refractivity contribution is 0.167. The van der Waals surface area contributed by atoms with Crippen LogP contribution in [0.5, 0.6) is 0 Å². The highest BCUT2D eigenvalue weighted by Gasteiger charge is 2.11. The Balaban J connectivity index is 1.99. The normalized spacial score (nSPS) is 11.1. The van der Waals surface area contributed by atoms with E-state index in [9.17, 15) is 0 Å². The van der Waals surface area contributed by atoms with Crippen molar-refractivity contribution in [3.63, 3.8) is 0 Å². The van der Waals surface area contributed by atoms with Crippen molar-refractivity contribution in [2.75, 3.05) is 13.2 Å². The minimum atomic E-state index is 0.0923. The molecule has 0 aromatic carbocycles. The summed E-state index contributed by atoms with van der Waals surface area (Å²) in [4.78, 5) is 10.4. The maximum Gasteiger partial charge on any atom is 0.240 e. The summed E-state index contributed by atoms with van der Waals surface area (Å²) >= 11 is 0. The quantitative estimate of drug-likeness (QED) is 0.803. The van der Waals surface area contributed by atoms with Gasteiger partial charge in [0, 0.05) is 31.9 Å². The van der Waals surface area contributed by atoms with Gasteiger partial charge in [-0.3, -0.25) is 9.88 Å². The standard InChI is InChI=1S/C13H18N4O2/c1-2-12-15-13(19-16-12)10-17(6-7-18)9-11-4-3-5-14-8-11/h3-5,8,18H,2,6-7,9-10H2,1H3. The highest BCUT2D eigenvalue weighted by Crippen LogP contribution is 2.08. The number of aliphatic hydroxyl groups excluding tert-OH is 1. The van der Waals surface area contributed by atoms with E-state index < -0.39 is 0 Å². The lowest BCUT2D eigenvalue weighted by Gasteiger charge is -2.18. The van der Waals surface area contributed by atoms with Crippen LogP contribution in [-0.4, -0.2) is 38.3 Å². The first-order valence-corrected chi connectivity index (χ1v) is 6.35. The van der Waals surface area contributed by atoms with Gasteiger partial charge in [0.2, 0.25) is 5.89 Å². The molecule has 0 aliphatic carbocycles. The second-order valence-corrected chi connectivity index (χ2v) is 4.25. The van der Waals surface area contributed by atoms with Crippen LogP contribution in [0.3, 0.4) is 0 Å². The molecule has 1 N–H and O–H groups in total. The largest absolute Gasteiger partial charge is 0.395 e. The third-order valence-electron chi connectivity index (χ3n) is 2.73. The first-order valence-electron chi connectivity index (χ1n) is 6.35. The fourth-order valence-corrected chi connectivity index (χ4v) is 1.79. The van der Waals surface area contributed by atoms with Crippen LogP contribution < -0.4 is 0 Å². The third kappa shape index (κ3) is 4.11. The Morgan fingerprint density at radius 2 is 2.26 bits per heavy atom. The van der Waals surface area contributed by atoms with E-state index in [4.69, 9.17) is 9.63 Å². The predicted molar refractivity (Wildman–Crippen MR) is 69.1 cm³/mol. The van der Waals surface area contributed by atoms with E-state index in [-0.39, 0.29) is 6.61 Å². The fraction of sp³-hybridized carbons (Fsp3) is 0.462. The molecule has 6 nitrogen and oxygen atoms in total. The fourth-order valence-electron chi connectivity index (χ4n) is 1.79. The topological polar surface area (TPSA) is 75.3 Å². The van der Waals surface area contributed by atoms with Crippen LogP contribution in [0.2, 0.25) is 0 Å². The molecular formula is C13H18N4O2. The molecule has 0 saturated heterocycles. The van der Waals surface area contributed by atoms with Gasteiger partial charge in [0.15, 0.2) is 5.82 Å². The Kier molecular flexibility index (Phi) is 5.00. The highest BCUT2D eigenvalue weighted by atomic mass is 16.5. The van der Waals surface area contributed by atoms with Crippen molar-refractivity contribution in [1.82, 2.24) is 20.0 Å². The van der Waals surface area contributed by atoms with Gasteiger partial charge in [-0.25, -0.2) is 0 Å². The number of pyridine rings is 1. The zero-order valence-corrected chi connectivity index (χ0v) is 11.0. The van der Waals surface area contributed by atoms with Gasteiger partial charge < -0.3 is 9.63 Å². The third-order valence-corrected chi connectivity index (χ3v) is 2.73. The number of hydrogen-bond acceptors (Lipinski definition) is 6. The molecule has 0 radical (unpaired) electrons. The smallest absolute Gasteiger partial charge is 0.240 e. The number of nitrogens with zero attached hydrogens (tertiary/aromatic N) is 4. The van der Waals surface area contributed by atoms with E-state index in [1.807, 2.05) is 30.2 Å². The van der Waals surface area contributed by atoms with Gasteiger partial charge in [-0.1, -0.05) is 18.1 Å². The first kappa shape index (κ1) is 13.6. The summed E-state index contributed by atoms with van der Waals surface area (Å²) in [5.74, 6) is 1.29. The van der Waals surface area contributed by atoms with Crippen LogP contribution in [0.4, 0.5) is 0 Å². The van der Waals surface area contributed by atoms with Gasteiger partial charge >= 0.3 is 0 Å². The number of rotatable bonds is 7. The summed E-state index contributed by atoms with van der Waals surface area (Å²) in [6.45, 7) is 3.85. The van der Waals surface area contributed by atoms with Gasteiger partial charge in [-0.05, 0) is 11.6 Å². The zero-order valence-electron chi connectivity index (χ0n) is 11.0. The van der Waals surface area contributed by atoms with Crippen LogP contribution >= 0.6 is 0 Å². The molecule has 0 saturated carbocycles. The Morgan fingerprint density at radius 1 is 1.37 bits per heavy atom. The van der Waals surface area contributed by atoms with Crippen LogP contribution in [0.25, 0.3) is 0 Å². The highest BCUT2D eigenvalue weighted by molar-refractivity contribution is 5.08. The van der Waals surface area contributed by atoms with Crippen LogP contribution in [0, 0.1) is 0 Å². The number of aryl methyl sites for hydroxylation is 1. The van der Waals surface area contributed by atoms with Crippen molar-refractivity contribution in [3.8, 4) is 0 Å². The molecule has 0 atom stereocenters. The summed E-state index contributed by atoms with van der Waals surface area (Å²) in [5, 5.41) is 13.0. The van der Waals surface area contributed by atoms with Gasteiger partial charge in [-0.15, -0.1) is 0 Å². The molecule has 0 amide bonds. The summed E-state index contributed by atoms with van der Waals surface area (Å²) in [7, 11) is 0. The zero-order chi connectivity index (χ0) is 13.5. The van der Waals surface area contributed by atoms with Gasteiger partial charge in [0.1, 0.15) is 0 Å². The van der Waals surface area contributed by atoms with Crippen molar-refractivity contribution in [2.45, 2.75) is 26.4 Å². The molecule has 0 aliphatic rings. The van der Waals surface area contributed by atoms with Crippen molar-refractivity contribution < 1.29 is 9.63 Å². The molecule has 2 aromatic heterocycles. The van der Waals surface area contributed by atoms with Crippen LogP contribution in [-0.2, 0) is 19.5 Å². The van der Waals surface area contributed by atoms with E-state index in [0.717, 1.165) is 12.0 Å². The lowest BCUT2D eigenvalue weighted by atomic mass is 10.2. The molecular weight excluding hydrogens is 244 g/mol. The molecule has 0 fully saturated rings. The minimum absolute atomic E-state index is 0.0923. The number of aromatic nitrogens is 3. The molecule has 2 aromatic rings. The molecule has 0 spiro atoms. The molecule has 2 rings (SSSR count). The maximum atomic E-state index is 9.12. The Morgan fingerprint density at radius 3 is 2.89 bits per heavy atom. The second kappa shape index (κ2) is 6.96. The molecule has 0 bridgehead atoms. The van der Waals surface area contributed by atoms with Crippen molar-refractivity contribution in [2.24, 2.45) is 0 Å². The Hall–Kier alpha value is -1.79. The molecule has 102 valence electrons. The molecule has 0 unspecified atom stereocenters. The summed E-state index contributed by atoms with van der Waals surface area (Å²) < 4.78 is 5.17. The molecule has 19 heavy (non-hydrogen) atoms. The van der Waals surface area contributed by atoms with Gasteiger partial charge in [0.05, 0.1) is 13.2 Å². The van der Waals surface area contributed by atoms with E-state index in [0.29, 0.717) is 31.3 Å². The molecule has 6 heteroatoms. The van der Waals surface area contributed by atoms with Crippen LogP contribution in [0.15, 0.2) is 29.0 Å². The Bertz CT molecular complexity index is 486. The SMILES string of the molecule is CCc1noc(CN(CCO)Cc2cccnc2)n1. The van der Waals surface area contributed by atoms with Crippen LogP contribution in [0.1, 0.15) is 24.2 Å². The first-order chi connectivity index (χ1) is 9.31. The maximum absolute atomic E-state index is 9.12. The predicted octanol–water partition coefficient (Wildman–Crippen LogP) is 1.02. The van der Waals surface area contributed by atoms with E-state index >= 15 is 0 Å². The molecule has 0 aliphatic heterocycles. The van der Waals surface area contributed by atoms with Gasteiger partial charge in [-0.2, -0.15) is 4.98 Å². The average Bonchev–Trinajstić information content (AvgIpc) is 2.88. The minimum Gasteiger partial charge on any atom is -0.395 e. The van der Waals surface area contributed by atoms with Crippen molar-refractivity contribution >= 4 is 0 Å². The average molecular weight is 262 g/mol. The van der Waals surface area contributed by atoms with E-state index in [1.54, 1.807) is 6.20 Å². The van der Waals surface area contributed by atoms with E-state index in [1.165, 1.54) is 0 Å². The Labute approximate surface area is 112 Å². The summed E-state index contributed by atoms with van der Waals surface area (Å²) in [5.41, 5.74) is 1.09. The van der Waals surface area contributed by atoms with Gasteiger partial charge in [0.25, 0.3) is 0 Å². The molecule has 2 heterocycles. The number of hydrogen-bond donors (Lipinski definition) is 1. The monoisotopic (exact) mass is 262 g/mol. The summed E-state index contributed by atoms with van der Waals surface area (Å²) in [6.07, 6.45) is 4.31. The van der Waals surface area contributed by atoms with Crippen molar-refractivity contribution in [3.05, 3.63) is 41.8 Å². The van der Waals surface area contributed by atoms with E-state index in [2.05, 4.69) is 15.1 Å². The number of aliphatic hydroxyl groups is 1.